The molecule has 0 aromatic heterocycles. The molecule has 2 aromatic carbocycles. The van der Waals surface area contributed by atoms with Gasteiger partial charge in [0.1, 0.15) is 5.82 Å². The average molecular weight is 332 g/mol. The Kier molecular flexibility index (Phi) is 4.71. The molecule has 0 heterocycles. The van der Waals surface area contributed by atoms with Gasteiger partial charge in [-0.25, -0.2) is 4.39 Å². The average Bonchev–Trinajstić information content (AvgIpc) is 2.45. The summed E-state index contributed by atoms with van der Waals surface area (Å²) in [6.07, 6.45) is -4.50. The highest BCUT2D eigenvalue weighted by Crippen LogP contribution is 2.33. The molecule has 0 saturated heterocycles. The molecule has 0 unspecified atom stereocenters. The van der Waals surface area contributed by atoms with Gasteiger partial charge < -0.3 is 5.32 Å². The molecule has 0 fully saturated rings. The Morgan fingerprint density at radius 2 is 1.73 bits per heavy atom. The normalized spacial score (nSPS) is 11.3. The molecule has 0 saturated carbocycles. The number of carbonyl (C=O) groups excluding carboxylic acids is 1. The smallest absolute Gasteiger partial charge is 0.376 e. The fraction of sp³-hybridized carbons (Fsp3) is 0.133. The van der Waals surface area contributed by atoms with Crippen LogP contribution in [0.2, 0.25) is 5.02 Å². The molecule has 0 aliphatic heterocycles. The number of benzene rings is 2. The summed E-state index contributed by atoms with van der Waals surface area (Å²) in [6, 6.07) is 7.65. The first-order valence-electron chi connectivity index (χ1n) is 6.17. The fourth-order valence-electron chi connectivity index (χ4n) is 1.75. The number of carbonyl (C=O) groups is 1. The number of Topliss-reactive ketones (excluding diaryl/α,β-unsaturated/α-hetero) is 1. The number of hydrogen-bond donors (Lipinski definition) is 1. The number of anilines is 1. The summed E-state index contributed by atoms with van der Waals surface area (Å²) < 4.78 is 50.6. The predicted molar refractivity (Wildman–Crippen MR) is 75.7 cm³/mol. The number of halogens is 5. The molecule has 0 radical (unpaired) electrons. The highest BCUT2D eigenvalue weighted by Gasteiger charge is 2.30. The van der Waals surface area contributed by atoms with Gasteiger partial charge >= 0.3 is 6.18 Å². The van der Waals surface area contributed by atoms with Gasteiger partial charge in [0.05, 0.1) is 22.8 Å². The van der Waals surface area contributed by atoms with Crippen molar-refractivity contribution in [3.63, 3.8) is 0 Å². The lowest BCUT2D eigenvalue weighted by molar-refractivity contribution is -0.137. The molecular formula is C15H10ClF4NO. The molecule has 22 heavy (non-hydrogen) atoms. The van der Waals surface area contributed by atoms with Crippen molar-refractivity contribution in [2.75, 3.05) is 11.9 Å². The molecule has 0 aliphatic carbocycles. The first-order chi connectivity index (χ1) is 10.3. The van der Waals surface area contributed by atoms with Crippen molar-refractivity contribution in [1.82, 2.24) is 0 Å². The molecule has 2 aromatic rings. The lowest BCUT2D eigenvalue weighted by Gasteiger charge is -2.12. The standard InChI is InChI=1S/C15H10ClF4NO/c16-12-6-3-10(15(18,19)20)7-13(12)21-8-14(22)9-1-4-11(17)5-2-9/h1-7,21H,8H2. The van der Waals surface area contributed by atoms with Gasteiger partial charge in [-0.15, -0.1) is 0 Å². The minimum Gasteiger partial charge on any atom is -0.376 e. The molecule has 2 rings (SSSR count). The van der Waals surface area contributed by atoms with Gasteiger partial charge in [0, 0.05) is 5.56 Å². The van der Waals surface area contributed by atoms with Crippen LogP contribution < -0.4 is 5.32 Å². The van der Waals surface area contributed by atoms with Crippen LogP contribution in [0, 0.1) is 5.82 Å². The second-order valence-corrected chi connectivity index (χ2v) is 4.88. The van der Waals surface area contributed by atoms with E-state index in [2.05, 4.69) is 5.32 Å². The van der Waals surface area contributed by atoms with E-state index >= 15 is 0 Å². The first-order valence-corrected chi connectivity index (χ1v) is 6.54. The zero-order valence-corrected chi connectivity index (χ0v) is 11.8. The number of hydrogen-bond acceptors (Lipinski definition) is 2. The van der Waals surface area contributed by atoms with E-state index in [1.807, 2.05) is 0 Å². The number of alkyl halides is 3. The monoisotopic (exact) mass is 331 g/mol. The Morgan fingerprint density at radius 1 is 1.09 bits per heavy atom. The molecule has 0 spiro atoms. The molecule has 2 nitrogen and oxygen atoms in total. The molecule has 0 atom stereocenters. The molecule has 0 bridgehead atoms. The van der Waals surface area contributed by atoms with Crippen LogP contribution in [0.4, 0.5) is 23.2 Å². The summed E-state index contributed by atoms with van der Waals surface area (Å²) in [6.45, 7) is -0.257. The van der Waals surface area contributed by atoms with E-state index in [0.29, 0.717) is 0 Å². The largest absolute Gasteiger partial charge is 0.416 e. The molecule has 0 aliphatic rings. The quantitative estimate of drug-likeness (QED) is 0.644. The lowest BCUT2D eigenvalue weighted by atomic mass is 10.1. The van der Waals surface area contributed by atoms with Crippen LogP contribution in [0.3, 0.4) is 0 Å². The molecular weight excluding hydrogens is 322 g/mol. The third kappa shape index (κ3) is 3.98. The van der Waals surface area contributed by atoms with Gasteiger partial charge in [-0.05, 0) is 42.5 Å². The minimum atomic E-state index is -4.50. The Labute approximate surface area is 128 Å². The van der Waals surface area contributed by atoms with Crippen molar-refractivity contribution in [3.05, 3.63) is 64.4 Å². The van der Waals surface area contributed by atoms with Crippen molar-refractivity contribution >= 4 is 23.1 Å². The third-order valence-corrected chi connectivity index (χ3v) is 3.23. The topological polar surface area (TPSA) is 29.1 Å². The minimum absolute atomic E-state index is 0.00644. The van der Waals surface area contributed by atoms with Crippen LogP contribution in [0.15, 0.2) is 42.5 Å². The Bertz CT molecular complexity index is 683. The Balaban J connectivity index is 2.11. The van der Waals surface area contributed by atoms with E-state index in [0.717, 1.165) is 30.3 Å². The van der Waals surface area contributed by atoms with Crippen LogP contribution in [-0.4, -0.2) is 12.3 Å². The van der Waals surface area contributed by atoms with Gasteiger partial charge in [0.15, 0.2) is 5.78 Å². The highest BCUT2D eigenvalue weighted by atomic mass is 35.5. The zero-order valence-electron chi connectivity index (χ0n) is 11.0. The third-order valence-electron chi connectivity index (χ3n) is 2.90. The maximum atomic E-state index is 12.8. The zero-order chi connectivity index (χ0) is 16.3. The number of ketones is 1. The predicted octanol–water partition coefficient (Wildman–Crippen LogP) is 4.79. The maximum absolute atomic E-state index is 12.8. The van der Waals surface area contributed by atoms with E-state index in [9.17, 15) is 22.4 Å². The Morgan fingerprint density at radius 3 is 2.32 bits per heavy atom. The fourth-order valence-corrected chi connectivity index (χ4v) is 1.93. The van der Waals surface area contributed by atoms with Crippen LogP contribution in [0.1, 0.15) is 15.9 Å². The van der Waals surface area contributed by atoms with Crippen LogP contribution in [0.25, 0.3) is 0 Å². The van der Waals surface area contributed by atoms with Crippen molar-refractivity contribution in [3.8, 4) is 0 Å². The number of nitrogens with one attached hydrogen (secondary N) is 1. The number of rotatable bonds is 4. The SMILES string of the molecule is O=C(CNc1cc(C(F)(F)F)ccc1Cl)c1ccc(F)cc1. The van der Waals surface area contributed by atoms with Crippen molar-refractivity contribution in [2.24, 2.45) is 0 Å². The van der Waals surface area contributed by atoms with Crippen LogP contribution >= 0.6 is 11.6 Å². The van der Waals surface area contributed by atoms with Gasteiger partial charge in [0.25, 0.3) is 0 Å². The van der Waals surface area contributed by atoms with E-state index in [1.165, 1.54) is 12.1 Å². The summed E-state index contributed by atoms with van der Waals surface area (Å²) in [5.74, 6) is -0.876. The maximum Gasteiger partial charge on any atom is 0.416 e. The Hall–Kier alpha value is -2.08. The summed E-state index contributed by atoms with van der Waals surface area (Å²) in [5.41, 5.74) is -0.613. The van der Waals surface area contributed by atoms with Crippen molar-refractivity contribution in [2.45, 2.75) is 6.18 Å². The van der Waals surface area contributed by atoms with Gasteiger partial charge in [-0.1, -0.05) is 11.6 Å². The second kappa shape index (κ2) is 6.36. The summed E-state index contributed by atoms with van der Waals surface area (Å²) in [4.78, 5) is 11.9. The first kappa shape index (κ1) is 16.3. The summed E-state index contributed by atoms with van der Waals surface area (Å²) in [7, 11) is 0. The molecule has 0 amide bonds. The lowest BCUT2D eigenvalue weighted by Crippen LogP contribution is -2.15. The van der Waals surface area contributed by atoms with E-state index < -0.39 is 23.3 Å². The van der Waals surface area contributed by atoms with Crippen LogP contribution in [0.5, 0.6) is 0 Å². The van der Waals surface area contributed by atoms with Gasteiger partial charge in [0.2, 0.25) is 0 Å². The molecule has 116 valence electrons. The van der Waals surface area contributed by atoms with Crippen molar-refractivity contribution < 1.29 is 22.4 Å². The van der Waals surface area contributed by atoms with Crippen LogP contribution in [-0.2, 0) is 6.18 Å². The van der Waals surface area contributed by atoms with Gasteiger partial charge in [-0.2, -0.15) is 13.2 Å². The van der Waals surface area contributed by atoms with E-state index in [-0.39, 0.29) is 22.8 Å². The van der Waals surface area contributed by atoms with E-state index in [1.54, 1.807) is 0 Å². The molecule has 1 N–H and O–H groups in total. The van der Waals surface area contributed by atoms with Gasteiger partial charge in [-0.3, -0.25) is 4.79 Å². The second-order valence-electron chi connectivity index (χ2n) is 4.48. The summed E-state index contributed by atoms with van der Waals surface area (Å²) in [5, 5.41) is 2.63. The van der Waals surface area contributed by atoms with Crippen molar-refractivity contribution in [1.29, 1.82) is 0 Å². The molecule has 7 heteroatoms. The summed E-state index contributed by atoms with van der Waals surface area (Å²) >= 11 is 5.81. The van der Waals surface area contributed by atoms with E-state index in [4.69, 9.17) is 11.6 Å². The highest BCUT2D eigenvalue weighted by molar-refractivity contribution is 6.33.